The highest BCUT2D eigenvalue weighted by molar-refractivity contribution is 5.89. The molecule has 0 unspecified atom stereocenters. The van der Waals surface area contributed by atoms with Gasteiger partial charge in [0, 0.05) is 44.4 Å². The molecule has 1 spiro atoms. The SMILES string of the molecule is CCOc1ccc(NC(=O)N2CCC(C(=O)N3CCC4(CCCCO4)CC3)CC2)cc1. The van der Waals surface area contributed by atoms with E-state index in [-0.39, 0.29) is 23.5 Å². The molecule has 31 heavy (non-hydrogen) atoms. The van der Waals surface area contributed by atoms with Gasteiger partial charge in [-0.25, -0.2) is 4.79 Å². The van der Waals surface area contributed by atoms with Gasteiger partial charge in [-0.2, -0.15) is 0 Å². The van der Waals surface area contributed by atoms with Crippen LogP contribution in [0.15, 0.2) is 24.3 Å². The van der Waals surface area contributed by atoms with Gasteiger partial charge in [0.05, 0.1) is 12.2 Å². The summed E-state index contributed by atoms with van der Waals surface area (Å²) in [6, 6.07) is 7.29. The third-order valence-corrected chi connectivity index (χ3v) is 6.97. The van der Waals surface area contributed by atoms with Crippen LogP contribution in [-0.4, -0.2) is 66.7 Å². The third kappa shape index (κ3) is 5.32. The second kappa shape index (κ2) is 9.90. The monoisotopic (exact) mass is 429 g/mol. The van der Waals surface area contributed by atoms with Gasteiger partial charge in [0.1, 0.15) is 5.75 Å². The number of hydrogen-bond donors (Lipinski definition) is 1. The lowest BCUT2D eigenvalue weighted by atomic mass is 9.84. The second-order valence-corrected chi connectivity index (χ2v) is 8.96. The molecule has 1 aromatic rings. The van der Waals surface area contributed by atoms with Crippen molar-refractivity contribution >= 4 is 17.6 Å². The molecule has 0 saturated carbocycles. The molecule has 3 aliphatic heterocycles. The van der Waals surface area contributed by atoms with Crippen LogP contribution in [0.5, 0.6) is 5.75 Å². The molecule has 3 fully saturated rings. The fraction of sp³-hybridized carbons (Fsp3) is 0.667. The summed E-state index contributed by atoms with van der Waals surface area (Å²) in [5, 5.41) is 2.94. The predicted octanol–water partition coefficient (Wildman–Crippen LogP) is 3.89. The van der Waals surface area contributed by atoms with Crippen molar-refractivity contribution in [3.8, 4) is 5.75 Å². The average Bonchev–Trinajstić information content (AvgIpc) is 2.81. The number of benzene rings is 1. The van der Waals surface area contributed by atoms with Crippen molar-refractivity contribution in [3.63, 3.8) is 0 Å². The number of piperidine rings is 2. The average molecular weight is 430 g/mol. The van der Waals surface area contributed by atoms with Gasteiger partial charge >= 0.3 is 6.03 Å². The minimum absolute atomic E-state index is 0.0239. The molecule has 3 saturated heterocycles. The van der Waals surface area contributed by atoms with Crippen molar-refractivity contribution in [1.82, 2.24) is 9.80 Å². The van der Waals surface area contributed by atoms with Crippen molar-refractivity contribution in [2.24, 2.45) is 5.92 Å². The first-order chi connectivity index (χ1) is 15.1. The Hall–Kier alpha value is -2.28. The Bertz CT molecular complexity index is 743. The van der Waals surface area contributed by atoms with Crippen LogP contribution in [0, 0.1) is 5.92 Å². The maximum absolute atomic E-state index is 13.0. The Kier molecular flexibility index (Phi) is 7.00. The Morgan fingerprint density at radius 3 is 2.35 bits per heavy atom. The highest BCUT2D eigenvalue weighted by Crippen LogP contribution is 2.35. The van der Waals surface area contributed by atoms with Crippen molar-refractivity contribution < 1.29 is 19.1 Å². The summed E-state index contributed by atoms with van der Waals surface area (Å²) in [6.07, 6.45) is 6.92. The van der Waals surface area contributed by atoms with E-state index in [1.54, 1.807) is 4.90 Å². The molecule has 3 heterocycles. The smallest absolute Gasteiger partial charge is 0.321 e. The Labute approximate surface area is 185 Å². The molecule has 7 nitrogen and oxygen atoms in total. The van der Waals surface area contributed by atoms with E-state index >= 15 is 0 Å². The highest BCUT2D eigenvalue weighted by atomic mass is 16.5. The molecule has 0 radical (unpaired) electrons. The maximum atomic E-state index is 13.0. The van der Waals surface area contributed by atoms with Gasteiger partial charge in [-0.3, -0.25) is 4.79 Å². The number of likely N-dealkylation sites (tertiary alicyclic amines) is 2. The number of urea groups is 1. The quantitative estimate of drug-likeness (QED) is 0.788. The fourth-order valence-corrected chi connectivity index (χ4v) is 5.03. The van der Waals surface area contributed by atoms with E-state index in [1.165, 1.54) is 6.42 Å². The van der Waals surface area contributed by atoms with Crippen molar-refractivity contribution in [1.29, 1.82) is 0 Å². The van der Waals surface area contributed by atoms with Crippen LogP contribution in [0.2, 0.25) is 0 Å². The van der Waals surface area contributed by atoms with Gasteiger partial charge in [0.15, 0.2) is 0 Å². The zero-order valence-corrected chi connectivity index (χ0v) is 18.6. The van der Waals surface area contributed by atoms with Gasteiger partial charge in [-0.15, -0.1) is 0 Å². The van der Waals surface area contributed by atoms with Crippen molar-refractivity contribution in [3.05, 3.63) is 24.3 Å². The zero-order valence-electron chi connectivity index (χ0n) is 18.6. The first-order valence-electron chi connectivity index (χ1n) is 11.8. The molecule has 4 rings (SSSR count). The number of nitrogens with one attached hydrogen (secondary N) is 1. The molecule has 1 aromatic carbocycles. The fourth-order valence-electron chi connectivity index (χ4n) is 5.03. The van der Waals surface area contributed by atoms with Gasteiger partial charge in [-0.1, -0.05) is 0 Å². The molecular weight excluding hydrogens is 394 g/mol. The molecule has 3 amide bonds. The van der Waals surface area contributed by atoms with Crippen molar-refractivity contribution in [2.45, 2.75) is 57.5 Å². The van der Waals surface area contributed by atoms with E-state index < -0.39 is 0 Å². The minimum Gasteiger partial charge on any atom is -0.494 e. The van der Waals surface area contributed by atoms with Gasteiger partial charge in [0.25, 0.3) is 0 Å². The molecule has 0 bridgehead atoms. The first-order valence-corrected chi connectivity index (χ1v) is 11.8. The summed E-state index contributed by atoms with van der Waals surface area (Å²) in [5.41, 5.74) is 0.774. The molecule has 7 heteroatoms. The Morgan fingerprint density at radius 1 is 1.03 bits per heavy atom. The number of rotatable bonds is 4. The molecule has 1 N–H and O–H groups in total. The van der Waals surface area contributed by atoms with Gasteiger partial charge < -0.3 is 24.6 Å². The molecular formula is C24H35N3O4. The van der Waals surface area contributed by atoms with Gasteiger partial charge in [0.2, 0.25) is 5.91 Å². The van der Waals surface area contributed by atoms with E-state index in [0.717, 1.165) is 69.7 Å². The largest absolute Gasteiger partial charge is 0.494 e. The number of anilines is 1. The molecule has 0 atom stereocenters. The standard InChI is InChI=1S/C24H35N3O4/c1-2-30-21-7-5-20(6-8-21)25-23(29)27-14-9-19(10-15-27)22(28)26-16-12-24(13-17-26)11-3-4-18-31-24/h5-8,19H,2-4,9-18H2,1H3,(H,25,29). The molecule has 3 aliphatic rings. The Balaban J connectivity index is 1.22. The maximum Gasteiger partial charge on any atom is 0.321 e. The van der Waals surface area contributed by atoms with Gasteiger partial charge in [-0.05, 0) is 76.1 Å². The molecule has 170 valence electrons. The summed E-state index contributed by atoms with van der Waals surface area (Å²) in [7, 11) is 0. The van der Waals surface area contributed by atoms with E-state index in [4.69, 9.17) is 9.47 Å². The number of ether oxygens (including phenoxy) is 2. The van der Waals surface area contributed by atoms with E-state index in [0.29, 0.717) is 19.7 Å². The lowest BCUT2D eigenvalue weighted by Gasteiger charge is -2.45. The molecule has 0 aliphatic carbocycles. The highest BCUT2D eigenvalue weighted by Gasteiger charge is 2.39. The van der Waals surface area contributed by atoms with E-state index in [2.05, 4.69) is 5.32 Å². The van der Waals surface area contributed by atoms with Crippen LogP contribution in [0.4, 0.5) is 10.5 Å². The normalized spacial score (nSPS) is 21.7. The van der Waals surface area contributed by atoms with Crippen LogP contribution in [0.25, 0.3) is 0 Å². The van der Waals surface area contributed by atoms with Crippen molar-refractivity contribution in [2.75, 3.05) is 44.7 Å². The van der Waals surface area contributed by atoms with Crippen LogP contribution in [0.3, 0.4) is 0 Å². The lowest BCUT2D eigenvalue weighted by Crippen LogP contribution is -2.52. The second-order valence-electron chi connectivity index (χ2n) is 8.96. The van der Waals surface area contributed by atoms with Crippen LogP contribution < -0.4 is 10.1 Å². The number of amides is 3. The molecule has 0 aromatic heterocycles. The lowest BCUT2D eigenvalue weighted by molar-refractivity contribution is -0.147. The zero-order chi connectivity index (χ0) is 21.7. The summed E-state index contributed by atoms with van der Waals surface area (Å²) >= 11 is 0. The summed E-state index contributed by atoms with van der Waals surface area (Å²) in [5.74, 6) is 1.08. The summed E-state index contributed by atoms with van der Waals surface area (Å²) in [6.45, 7) is 6.25. The summed E-state index contributed by atoms with van der Waals surface area (Å²) < 4.78 is 11.5. The third-order valence-electron chi connectivity index (χ3n) is 6.97. The topological polar surface area (TPSA) is 71.1 Å². The summed E-state index contributed by atoms with van der Waals surface area (Å²) in [4.78, 5) is 29.5. The number of carbonyl (C=O) groups excluding carboxylic acids is 2. The van der Waals surface area contributed by atoms with Crippen LogP contribution >= 0.6 is 0 Å². The van der Waals surface area contributed by atoms with Crippen LogP contribution in [0.1, 0.15) is 51.9 Å². The minimum atomic E-state index is -0.107. The number of hydrogen-bond acceptors (Lipinski definition) is 4. The predicted molar refractivity (Wildman–Crippen MR) is 119 cm³/mol. The first kappa shape index (κ1) is 21.9. The van der Waals surface area contributed by atoms with E-state index in [1.807, 2.05) is 36.1 Å². The van der Waals surface area contributed by atoms with Crippen LogP contribution in [-0.2, 0) is 9.53 Å². The Morgan fingerprint density at radius 2 is 1.74 bits per heavy atom. The number of carbonyl (C=O) groups is 2. The number of nitrogens with zero attached hydrogens (tertiary/aromatic N) is 2. The van der Waals surface area contributed by atoms with E-state index in [9.17, 15) is 9.59 Å².